The van der Waals surface area contributed by atoms with Gasteiger partial charge in [0.25, 0.3) is 0 Å². The molecule has 0 saturated heterocycles. The van der Waals surface area contributed by atoms with Gasteiger partial charge >= 0.3 is 0 Å². The topological polar surface area (TPSA) is 0 Å². The summed E-state index contributed by atoms with van der Waals surface area (Å²) in [5.41, 5.74) is 5.17. The minimum atomic E-state index is 0.404. The van der Waals surface area contributed by atoms with Crippen LogP contribution in [0.15, 0.2) is 22.8 Å². The zero-order valence-corrected chi connectivity index (χ0v) is 11.3. The van der Waals surface area contributed by atoms with Crippen LogP contribution in [0, 0.1) is 11.3 Å². The lowest BCUT2D eigenvalue weighted by Gasteiger charge is -2.38. The third-order valence-corrected chi connectivity index (χ3v) is 4.41. The fraction of sp³-hybridized carbons (Fsp3) is 0.733. The fourth-order valence-electron chi connectivity index (χ4n) is 2.75. The maximum atomic E-state index is 2.44. The Hall–Kier alpha value is -0.520. The Kier molecular flexibility index (Phi) is 3.81. The van der Waals surface area contributed by atoms with Crippen LogP contribution in [0.4, 0.5) is 0 Å². The summed E-state index contributed by atoms with van der Waals surface area (Å²) in [5.74, 6) is 0.735. The van der Waals surface area contributed by atoms with Crippen molar-refractivity contribution < 1.29 is 0 Å². The molecule has 0 aliphatic heterocycles. The Morgan fingerprint density at radius 1 is 1.27 bits per heavy atom. The first-order valence-corrected chi connectivity index (χ1v) is 6.29. The molecule has 0 N–H and O–H groups in total. The van der Waals surface area contributed by atoms with Crippen LogP contribution in [0.3, 0.4) is 0 Å². The minimum absolute atomic E-state index is 0.404. The van der Waals surface area contributed by atoms with Gasteiger partial charge in [0.2, 0.25) is 0 Å². The average Bonchev–Trinajstić information content (AvgIpc) is 2.16. The van der Waals surface area contributed by atoms with Gasteiger partial charge in [-0.05, 0) is 44.4 Å². The van der Waals surface area contributed by atoms with E-state index in [9.17, 15) is 0 Å². The Morgan fingerprint density at radius 2 is 1.87 bits per heavy atom. The van der Waals surface area contributed by atoms with Gasteiger partial charge in [0.05, 0.1) is 0 Å². The Balaban J connectivity index is 3.10. The lowest BCUT2D eigenvalue weighted by molar-refractivity contribution is 0.255. The number of allylic oxidation sites excluding steroid dienone is 4. The molecule has 1 aliphatic carbocycles. The Bertz CT molecular complexity index is 291. The molecule has 1 aliphatic rings. The molecule has 0 heterocycles. The third kappa shape index (κ3) is 2.35. The molecule has 1 rings (SSSR count). The van der Waals surface area contributed by atoms with E-state index < -0.39 is 0 Å². The highest BCUT2D eigenvalue weighted by molar-refractivity contribution is 5.35. The molecule has 0 aromatic rings. The van der Waals surface area contributed by atoms with Crippen molar-refractivity contribution >= 4 is 0 Å². The summed E-state index contributed by atoms with van der Waals surface area (Å²) in [4.78, 5) is 0. The number of hydrogen-bond acceptors (Lipinski definition) is 0. The predicted molar refractivity (Wildman–Crippen MR) is 68.9 cm³/mol. The van der Waals surface area contributed by atoms with E-state index in [0.717, 1.165) is 5.92 Å². The summed E-state index contributed by atoms with van der Waals surface area (Å²) in [7, 11) is 0. The minimum Gasteiger partial charge on any atom is -0.0727 e. The van der Waals surface area contributed by atoms with E-state index in [4.69, 9.17) is 0 Å². The molecule has 0 nitrogen and oxygen atoms in total. The van der Waals surface area contributed by atoms with E-state index in [-0.39, 0.29) is 0 Å². The van der Waals surface area contributed by atoms with Crippen LogP contribution in [0.5, 0.6) is 0 Å². The molecule has 0 bridgehead atoms. The van der Waals surface area contributed by atoms with Crippen molar-refractivity contribution in [1.82, 2.24) is 0 Å². The lowest BCUT2D eigenvalue weighted by Crippen LogP contribution is -2.27. The van der Waals surface area contributed by atoms with E-state index in [1.807, 2.05) is 0 Å². The summed E-state index contributed by atoms with van der Waals surface area (Å²) in [6.45, 7) is 14.0. The van der Waals surface area contributed by atoms with Crippen LogP contribution in [0.25, 0.3) is 0 Å². The maximum absolute atomic E-state index is 2.44. The van der Waals surface area contributed by atoms with E-state index in [0.29, 0.717) is 5.41 Å². The standard InChI is InChI=1S/C15H26/c1-7-15(6,11(2)3)14-9-8-12(4)10-13(14)5/h10-11H,7-9H2,1-6H3. The fourth-order valence-corrected chi connectivity index (χ4v) is 2.75. The molecule has 1 unspecified atom stereocenters. The molecule has 86 valence electrons. The first-order valence-electron chi connectivity index (χ1n) is 6.29. The highest BCUT2D eigenvalue weighted by atomic mass is 14.4. The second-order valence-corrected chi connectivity index (χ2v) is 5.58. The molecule has 15 heavy (non-hydrogen) atoms. The summed E-state index contributed by atoms with van der Waals surface area (Å²) in [5, 5.41) is 0. The van der Waals surface area contributed by atoms with Crippen molar-refractivity contribution in [2.24, 2.45) is 11.3 Å². The van der Waals surface area contributed by atoms with Crippen LogP contribution < -0.4 is 0 Å². The SMILES string of the molecule is CCC(C)(C1=C(C)C=C(C)CC1)C(C)C. The van der Waals surface area contributed by atoms with Gasteiger partial charge in [-0.2, -0.15) is 0 Å². The quantitative estimate of drug-likeness (QED) is 0.601. The Labute approximate surface area is 95.5 Å². The van der Waals surface area contributed by atoms with E-state index in [1.54, 1.807) is 11.1 Å². The van der Waals surface area contributed by atoms with Crippen LogP contribution in [0.2, 0.25) is 0 Å². The van der Waals surface area contributed by atoms with Crippen molar-refractivity contribution in [2.45, 2.75) is 60.8 Å². The second-order valence-electron chi connectivity index (χ2n) is 5.58. The van der Waals surface area contributed by atoms with Crippen LogP contribution in [-0.4, -0.2) is 0 Å². The van der Waals surface area contributed by atoms with Crippen LogP contribution in [0.1, 0.15) is 60.8 Å². The molecule has 0 radical (unpaired) electrons. The summed E-state index contributed by atoms with van der Waals surface area (Å²) in [6, 6.07) is 0. The van der Waals surface area contributed by atoms with Gasteiger partial charge < -0.3 is 0 Å². The Morgan fingerprint density at radius 3 is 2.27 bits per heavy atom. The number of rotatable bonds is 3. The summed E-state index contributed by atoms with van der Waals surface area (Å²) >= 11 is 0. The highest BCUT2D eigenvalue weighted by Crippen LogP contribution is 2.44. The van der Waals surface area contributed by atoms with Crippen molar-refractivity contribution in [2.75, 3.05) is 0 Å². The van der Waals surface area contributed by atoms with Crippen LogP contribution >= 0.6 is 0 Å². The van der Waals surface area contributed by atoms with Gasteiger partial charge in [-0.15, -0.1) is 0 Å². The molecule has 0 aromatic heterocycles. The molecular weight excluding hydrogens is 180 g/mol. The van der Waals surface area contributed by atoms with E-state index in [1.165, 1.54) is 24.8 Å². The molecule has 1 atom stereocenters. The van der Waals surface area contributed by atoms with Gasteiger partial charge in [0.15, 0.2) is 0 Å². The van der Waals surface area contributed by atoms with E-state index >= 15 is 0 Å². The van der Waals surface area contributed by atoms with E-state index in [2.05, 4.69) is 47.6 Å². The molecule has 0 spiro atoms. The summed E-state index contributed by atoms with van der Waals surface area (Å²) < 4.78 is 0. The van der Waals surface area contributed by atoms with Gasteiger partial charge in [0, 0.05) is 0 Å². The monoisotopic (exact) mass is 206 g/mol. The third-order valence-electron chi connectivity index (χ3n) is 4.41. The zero-order chi connectivity index (χ0) is 11.6. The van der Waals surface area contributed by atoms with Crippen molar-refractivity contribution in [3.8, 4) is 0 Å². The van der Waals surface area contributed by atoms with Gasteiger partial charge in [-0.25, -0.2) is 0 Å². The maximum Gasteiger partial charge on any atom is -0.00902 e. The predicted octanol–water partition coefficient (Wildman–Crippen LogP) is 5.12. The second kappa shape index (κ2) is 4.55. The number of hydrogen-bond donors (Lipinski definition) is 0. The summed E-state index contributed by atoms with van der Waals surface area (Å²) in [6.07, 6.45) is 6.17. The lowest BCUT2D eigenvalue weighted by atomic mass is 9.67. The van der Waals surface area contributed by atoms with Crippen LogP contribution in [-0.2, 0) is 0 Å². The largest absolute Gasteiger partial charge is 0.0727 e. The smallest absolute Gasteiger partial charge is 0.00902 e. The first-order chi connectivity index (χ1) is 6.91. The van der Waals surface area contributed by atoms with Crippen molar-refractivity contribution in [3.05, 3.63) is 22.8 Å². The molecule has 0 heteroatoms. The average molecular weight is 206 g/mol. The van der Waals surface area contributed by atoms with Gasteiger partial charge in [0.1, 0.15) is 0 Å². The molecule has 0 saturated carbocycles. The first kappa shape index (κ1) is 12.5. The highest BCUT2D eigenvalue weighted by Gasteiger charge is 2.32. The van der Waals surface area contributed by atoms with Gasteiger partial charge in [-0.1, -0.05) is 50.5 Å². The van der Waals surface area contributed by atoms with Crippen molar-refractivity contribution in [3.63, 3.8) is 0 Å². The molecule has 0 amide bonds. The van der Waals surface area contributed by atoms with Crippen molar-refractivity contribution in [1.29, 1.82) is 0 Å². The molecule has 0 aromatic carbocycles. The zero-order valence-electron chi connectivity index (χ0n) is 11.3. The molecule has 0 fully saturated rings. The molecular formula is C15H26. The van der Waals surface area contributed by atoms with Gasteiger partial charge in [-0.3, -0.25) is 0 Å². The normalized spacial score (nSPS) is 21.7.